The van der Waals surface area contributed by atoms with E-state index in [0.29, 0.717) is 5.82 Å². The van der Waals surface area contributed by atoms with Crippen molar-refractivity contribution in [2.75, 3.05) is 6.61 Å². The summed E-state index contributed by atoms with van der Waals surface area (Å²) in [4.78, 5) is 8.30. The van der Waals surface area contributed by atoms with Crippen LogP contribution in [0.15, 0.2) is 30.3 Å². The van der Waals surface area contributed by atoms with Gasteiger partial charge in [0, 0.05) is 12.4 Å². The van der Waals surface area contributed by atoms with Crippen LogP contribution in [-0.2, 0) is 4.74 Å². The normalized spacial score (nSPS) is 17.8. The van der Waals surface area contributed by atoms with E-state index in [4.69, 9.17) is 10.6 Å². The fourth-order valence-corrected chi connectivity index (χ4v) is 1.52. The van der Waals surface area contributed by atoms with Gasteiger partial charge in [-0.3, -0.25) is 5.84 Å². The Morgan fingerprint density at radius 3 is 2.80 bits per heavy atom. The monoisotopic (exact) mass is 206 g/mol. The van der Waals surface area contributed by atoms with Gasteiger partial charge < -0.3 is 4.74 Å². The van der Waals surface area contributed by atoms with E-state index in [2.05, 4.69) is 15.4 Å². The molecular formula is C10H14N4O. The van der Waals surface area contributed by atoms with Crippen molar-refractivity contribution in [1.82, 2.24) is 15.4 Å². The number of aromatic nitrogens is 2. The molecule has 1 aliphatic heterocycles. The van der Waals surface area contributed by atoms with E-state index in [9.17, 15) is 0 Å². The van der Waals surface area contributed by atoms with Crippen molar-refractivity contribution in [2.45, 2.75) is 18.9 Å². The minimum absolute atomic E-state index is 0.244. The third-order valence-electron chi connectivity index (χ3n) is 2.26. The zero-order valence-corrected chi connectivity index (χ0v) is 8.39. The van der Waals surface area contributed by atoms with Crippen LogP contribution in [-0.4, -0.2) is 16.6 Å². The summed E-state index contributed by atoms with van der Waals surface area (Å²) in [6.45, 7) is 0.733. The summed E-state index contributed by atoms with van der Waals surface area (Å²) in [5.74, 6) is 6.93. The molecule has 1 aromatic rings. The van der Waals surface area contributed by atoms with E-state index in [1.54, 1.807) is 18.5 Å². The van der Waals surface area contributed by atoms with Gasteiger partial charge in [-0.05, 0) is 25.0 Å². The van der Waals surface area contributed by atoms with Gasteiger partial charge >= 0.3 is 0 Å². The highest BCUT2D eigenvalue weighted by molar-refractivity contribution is 5.13. The van der Waals surface area contributed by atoms with Crippen LogP contribution < -0.4 is 11.3 Å². The van der Waals surface area contributed by atoms with E-state index in [0.717, 1.165) is 25.2 Å². The Morgan fingerprint density at radius 2 is 2.20 bits per heavy atom. The van der Waals surface area contributed by atoms with Crippen LogP contribution >= 0.6 is 0 Å². The molecular weight excluding hydrogens is 192 g/mol. The lowest BCUT2D eigenvalue weighted by molar-refractivity contribution is 0.166. The van der Waals surface area contributed by atoms with E-state index in [1.807, 2.05) is 6.08 Å². The number of nitrogens with two attached hydrogens (primary N) is 1. The molecule has 0 aromatic carbocycles. The quantitative estimate of drug-likeness (QED) is 0.562. The van der Waals surface area contributed by atoms with Crippen molar-refractivity contribution in [3.63, 3.8) is 0 Å². The van der Waals surface area contributed by atoms with Gasteiger partial charge in [-0.1, -0.05) is 0 Å². The second-order valence-electron chi connectivity index (χ2n) is 3.30. The van der Waals surface area contributed by atoms with Crippen LogP contribution in [0, 0.1) is 0 Å². The smallest absolute Gasteiger partial charge is 0.154 e. The molecule has 0 fully saturated rings. The number of rotatable bonds is 3. The summed E-state index contributed by atoms with van der Waals surface area (Å²) in [7, 11) is 0. The fourth-order valence-electron chi connectivity index (χ4n) is 1.52. The third kappa shape index (κ3) is 2.31. The van der Waals surface area contributed by atoms with Crippen molar-refractivity contribution < 1.29 is 4.74 Å². The molecule has 5 heteroatoms. The van der Waals surface area contributed by atoms with Gasteiger partial charge in [-0.2, -0.15) is 0 Å². The van der Waals surface area contributed by atoms with Gasteiger partial charge in [0.15, 0.2) is 5.82 Å². The molecule has 0 radical (unpaired) electrons. The number of nitrogens with zero attached hydrogens (tertiary/aromatic N) is 2. The third-order valence-corrected chi connectivity index (χ3v) is 2.26. The maximum atomic E-state index is 5.52. The highest BCUT2D eigenvalue weighted by Gasteiger charge is 2.20. The fraction of sp³-hybridized carbons (Fsp3) is 0.400. The largest absolute Gasteiger partial charge is 0.496 e. The van der Waals surface area contributed by atoms with Gasteiger partial charge in [0.2, 0.25) is 0 Å². The van der Waals surface area contributed by atoms with Gasteiger partial charge in [0.1, 0.15) is 11.8 Å². The van der Waals surface area contributed by atoms with Crippen molar-refractivity contribution in [3.8, 4) is 0 Å². The molecule has 0 aliphatic carbocycles. The van der Waals surface area contributed by atoms with Crippen LogP contribution in [0.25, 0.3) is 0 Å². The Hall–Kier alpha value is -1.46. The Labute approximate surface area is 88.3 Å². The predicted octanol–water partition coefficient (Wildman–Crippen LogP) is 0.675. The summed E-state index contributed by atoms with van der Waals surface area (Å²) in [6, 6.07) is 1.53. The second-order valence-corrected chi connectivity index (χ2v) is 3.30. The molecule has 2 heterocycles. The minimum atomic E-state index is -0.244. The van der Waals surface area contributed by atoms with Gasteiger partial charge in [0.25, 0.3) is 0 Å². The average Bonchev–Trinajstić information content (AvgIpc) is 2.33. The van der Waals surface area contributed by atoms with Crippen molar-refractivity contribution >= 4 is 0 Å². The first-order valence-electron chi connectivity index (χ1n) is 4.97. The van der Waals surface area contributed by atoms with E-state index < -0.39 is 0 Å². The first-order valence-corrected chi connectivity index (χ1v) is 4.97. The molecule has 2 rings (SSSR count). The molecule has 3 N–H and O–H groups in total. The number of nitrogens with one attached hydrogen (secondary N) is 1. The van der Waals surface area contributed by atoms with Crippen LogP contribution in [0.2, 0.25) is 0 Å². The Bertz CT molecular complexity index is 339. The molecule has 0 saturated carbocycles. The number of allylic oxidation sites excluding steroid dienone is 1. The molecule has 0 amide bonds. The van der Waals surface area contributed by atoms with Crippen molar-refractivity contribution in [3.05, 3.63) is 36.1 Å². The summed E-state index contributed by atoms with van der Waals surface area (Å²) in [6.07, 6.45) is 7.48. The summed E-state index contributed by atoms with van der Waals surface area (Å²) in [5.41, 5.74) is 2.67. The van der Waals surface area contributed by atoms with E-state index >= 15 is 0 Å². The predicted molar refractivity (Wildman–Crippen MR) is 55.4 cm³/mol. The number of hydrogen-bond acceptors (Lipinski definition) is 5. The first-order chi connectivity index (χ1) is 7.42. The zero-order chi connectivity index (χ0) is 10.5. The van der Waals surface area contributed by atoms with Gasteiger partial charge in [0.05, 0.1) is 6.61 Å². The lowest BCUT2D eigenvalue weighted by Crippen LogP contribution is -2.32. The van der Waals surface area contributed by atoms with Crippen LogP contribution in [0.4, 0.5) is 0 Å². The lowest BCUT2D eigenvalue weighted by Gasteiger charge is -2.21. The maximum Gasteiger partial charge on any atom is 0.154 e. The summed E-state index contributed by atoms with van der Waals surface area (Å²) >= 11 is 0. The molecule has 0 spiro atoms. The van der Waals surface area contributed by atoms with Gasteiger partial charge in [-0.25, -0.2) is 15.4 Å². The van der Waals surface area contributed by atoms with Crippen LogP contribution in [0.3, 0.4) is 0 Å². The molecule has 1 unspecified atom stereocenters. The lowest BCUT2D eigenvalue weighted by atomic mass is 10.1. The molecule has 0 bridgehead atoms. The van der Waals surface area contributed by atoms with Crippen molar-refractivity contribution in [1.29, 1.82) is 0 Å². The van der Waals surface area contributed by atoms with E-state index in [1.165, 1.54) is 0 Å². The average molecular weight is 206 g/mol. The molecule has 1 atom stereocenters. The van der Waals surface area contributed by atoms with Crippen LogP contribution in [0.1, 0.15) is 24.7 Å². The summed E-state index contributed by atoms with van der Waals surface area (Å²) < 4.78 is 5.52. The molecule has 0 saturated heterocycles. The minimum Gasteiger partial charge on any atom is -0.496 e. The SMILES string of the molecule is NNC(C1=CCCCO1)c1ncccn1. The van der Waals surface area contributed by atoms with Gasteiger partial charge in [-0.15, -0.1) is 0 Å². The Balaban J connectivity index is 2.20. The second kappa shape index (κ2) is 4.86. The standard InChI is InChI=1S/C10H14N4O/c11-14-9(8-4-1-2-7-15-8)10-12-5-3-6-13-10/h3-6,9,14H,1-2,7,11H2. The molecule has 5 nitrogen and oxygen atoms in total. The first kappa shape index (κ1) is 10.1. The Kier molecular flexibility index (Phi) is 3.26. The molecule has 80 valence electrons. The maximum absolute atomic E-state index is 5.52. The number of hydrogen-bond donors (Lipinski definition) is 2. The van der Waals surface area contributed by atoms with Crippen molar-refractivity contribution in [2.24, 2.45) is 5.84 Å². The molecule has 1 aromatic heterocycles. The zero-order valence-electron chi connectivity index (χ0n) is 8.39. The highest BCUT2D eigenvalue weighted by Crippen LogP contribution is 2.22. The number of hydrazine groups is 1. The molecule has 1 aliphatic rings. The topological polar surface area (TPSA) is 73.1 Å². The van der Waals surface area contributed by atoms with Crippen LogP contribution in [0.5, 0.6) is 0 Å². The summed E-state index contributed by atoms with van der Waals surface area (Å²) in [5, 5.41) is 0. The molecule has 15 heavy (non-hydrogen) atoms. The van der Waals surface area contributed by atoms with E-state index in [-0.39, 0.29) is 6.04 Å². The Morgan fingerprint density at radius 1 is 1.40 bits per heavy atom. The number of ether oxygens (including phenoxy) is 1. The highest BCUT2D eigenvalue weighted by atomic mass is 16.5.